The van der Waals surface area contributed by atoms with Gasteiger partial charge < -0.3 is 4.74 Å². The average Bonchev–Trinajstić information content (AvgIpc) is 2.43. The molecule has 0 spiro atoms. The van der Waals surface area contributed by atoms with Crippen molar-refractivity contribution in [1.82, 2.24) is 0 Å². The van der Waals surface area contributed by atoms with E-state index in [-0.39, 0.29) is 5.78 Å². The molecule has 0 heterocycles. The maximum Gasteiger partial charge on any atom is 0.322 e. The molecule has 5 heteroatoms. The minimum Gasteiger partial charge on any atom is -0.468 e. The zero-order valence-electron chi connectivity index (χ0n) is 12.5. The molecule has 0 fully saturated rings. The topological polar surface area (TPSA) is 55.7 Å². The second-order valence-electron chi connectivity index (χ2n) is 4.33. The minimum atomic E-state index is -0.988. The molecule has 0 saturated heterocycles. The summed E-state index contributed by atoms with van der Waals surface area (Å²) in [7, 11) is 2.79. The normalized spacial score (nSPS) is 14.8. The number of allylic oxidation sites excluding steroid dienone is 5. The van der Waals surface area contributed by atoms with Crippen LogP contribution in [0.4, 0.5) is 0 Å². The van der Waals surface area contributed by atoms with Crippen molar-refractivity contribution in [3.05, 3.63) is 34.4 Å². The third kappa shape index (κ3) is 5.25. The van der Waals surface area contributed by atoms with Gasteiger partial charge in [-0.3, -0.25) is 14.6 Å². The lowest BCUT2D eigenvalue weighted by Gasteiger charge is -2.13. The van der Waals surface area contributed by atoms with Crippen LogP contribution in [0.2, 0.25) is 0 Å². The van der Waals surface area contributed by atoms with Crippen LogP contribution in [0.1, 0.15) is 20.8 Å². The van der Waals surface area contributed by atoms with E-state index >= 15 is 0 Å². The van der Waals surface area contributed by atoms with Gasteiger partial charge in [-0.1, -0.05) is 28.6 Å². The predicted molar refractivity (Wildman–Crippen MR) is 85.1 cm³/mol. The predicted octanol–water partition coefficient (Wildman–Crippen LogP) is 3.24. The van der Waals surface area contributed by atoms with Crippen molar-refractivity contribution < 1.29 is 14.3 Å². The van der Waals surface area contributed by atoms with Crippen LogP contribution in [-0.4, -0.2) is 31.6 Å². The molecular formula is C15H20BrNO3. The summed E-state index contributed by atoms with van der Waals surface area (Å²) in [5.74, 6) is -1.91. The molecule has 0 aromatic heterocycles. The molecule has 0 aliphatic carbocycles. The maximum absolute atomic E-state index is 12.3. The summed E-state index contributed by atoms with van der Waals surface area (Å²) in [5, 5.41) is 0. The van der Waals surface area contributed by atoms with Gasteiger partial charge in [0.25, 0.3) is 0 Å². The summed E-state index contributed by atoms with van der Waals surface area (Å²) >= 11 is 3.33. The number of rotatable bonds is 6. The van der Waals surface area contributed by atoms with Gasteiger partial charge in [-0.25, -0.2) is 0 Å². The first-order valence-electron chi connectivity index (χ1n) is 6.01. The highest BCUT2D eigenvalue weighted by Crippen LogP contribution is 2.16. The number of ketones is 1. The van der Waals surface area contributed by atoms with Gasteiger partial charge >= 0.3 is 5.97 Å². The lowest BCUT2D eigenvalue weighted by atomic mass is 9.94. The smallest absolute Gasteiger partial charge is 0.322 e. The molecule has 0 N–H and O–H groups in total. The van der Waals surface area contributed by atoms with Crippen LogP contribution in [0.25, 0.3) is 0 Å². The Morgan fingerprint density at radius 3 is 2.20 bits per heavy atom. The van der Waals surface area contributed by atoms with Crippen molar-refractivity contribution in [3.8, 4) is 0 Å². The van der Waals surface area contributed by atoms with Crippen molar-refractivity contribution in [2.75, 3.05) is 14.2 Å². The van der Waals surface area contributed by atoms with E-state index in [1.807, 2.05) is 6.92 Å². The van der Waals surface area contributed by atoms with Gasteiger partial charge in [0.1, 0.15) is 0 Å². The Balaban J connectivity index is 5.38. The van der Waals surface area contributed by atoms with Crippen molar-refractivity contribution in [2.45, 2.75) is 20.8 Å². The minimum absolute atomic E-state index is 0.321. The fraction of sp³-hybridized carbons (Fsp3) is 0.400. The third-order valence-electron chi connectivity index (χ3n) is 2.75. The van der Waals surface area contributed by atoms with Crippen LogP contribution in [0.5, 0.6) is 0 Å². The van der Waals surface area contributed by atoms with E-state index in [1.165, 1.54) is 14.2 Å². The summed E-state index contributed by atoms with van der Waals surface area (Å²) in [6, 6.07) is 0. The van der Waals surface area contributed by atoms with E-state index < -0.39 is 11.9 Å². The molecule has 0 aromatic carbocycles. The Morgan fingerprint density at radius 2 is 1.80 bits per heavy atom. The second kappa shape index (κ2) is 8.64. The highest BCUT2D eigenvalue weighted by atomic mass is 79.9. The molecule has 4 nitrogen and oxygen atoms in total. The lowest BCUT2D eigenvalue weighted by molar-refractivity contribution is -0.145. The Hall–Kier alpha value is -1.49. The number of esters is 1. The largest absolute Gasteiger partial charge is 0.468 e. The highest BCUT2D eigenvalue weighted by Gasteiger charge is 2.30. The molecular weight excluding hydrogens is 322 g/mol. The van der Waals surface area contributed by atoms with Crippen LogP contribution < -0.4 is 0 Å². The highest BCUT2D eigenvalue weighted by molar-refractivity contribution is 9.12. The van der Waals surface area contributed by atoms with E-state index in [9.17, 15) is 9.59 Å². The maximum atomic E-state index is 12.3. The first-order valence-corrected chi connectivity index (χ1v) is 6.80. The van der Waals surface area contributed by atoms with Crippen LogP contribution in [-0.2, 0) is 14.3 Å². The Bertz CT molecular complexity index is 501. The molecule has 0 saturated carbocycles. The quantitative estimate of drug-likeness (QED) is 0.245. The van der Waals surface area contributed by atoms with Gasteiger partial charge in [0, 0.05) is 17.2 Å². The summed E-state index contributed by atoms with van der Waals surface area (Å²) in [6.45, 7) is 8.90. The van der Waals surface area contributed by atoms with Gasteiger partial charge in [-0.15, -0.1) is 0 Å². The number of nitrogens with zero attached hydrogens (tertiary/aromatic N) is 1. The van der Waals surface area contributed by atoms with Crippen molar-refractivity contribution in [3.63, 3.8) is 0 Å². The zero-order chi connectivity index (χ0) is 15.9. The van der Waals surface area contributed by atoms with Crippen LogP contribution in [0.3, 0.4) is 0 Å². The van der Waals surface area contributed by atoms with Crippen LogP contribution >= 0.6 is 15.9 Å². The van der Waals surface area contributed by atoms with Gasteiger partial charge in [-0.2, -0.15) is 0 Å². The van der Waals surface area contributed by atoms with Gasteiger partial charge in [0.15, 0.2) is 11.7 Å². The molecule has 0 amide bonds. The number of ether oxygens (including phenoxy) is 1. The molecule has 0 rings (SSSR count). The molecule has 0 aromatic rings. The number of carbonyl (C=O) groups is 2. The van der Waals surface area contributed by atoms with Crippen molar-refractivity contribution in [2.24, 2.45) is 10.9 Å². The molecule has 0 bridgehead atoms. The molecule has 0 aliphatic heterocycles. The Morgan fingerprint density at radius 1 is 1.25 bits per heavy atom. The molecule has 0 aliphatic rings. The SMILES string of the molecule is C=C(C)/C(Br)=C\C=C(/C)C(=O)C(C(=O)OC)C(C)=NC. The zero-order valence-corrected chi connectivity index (χ0v) is 14.1. The standard InChI is InChI=1S/C15H20BrNO3/c1-9(2)12(16)8-7-10(3)14(18)13(11(4)17-5)15(19)20-6/h7-8,13H,1H2,2-6H3/b10-7+,12-8+,17-11?. The average molecular weight is 342 g/mol. The second-order valence-corrected chi connectivity index (χ2v) is 5.18. The Labute approximate surface area is 128 Å². The fourth-order valence-electron chi connectivity index (χ4n) is 1.36. The van der Waals surface area contributed by atoms with Crippen LogP contribution in [0, 0.1) is 5.92 Å². The third-order valence-corrected chi connectivity index (χ3v) is 3.69. The molecule has 1 atom stereocenters. The monoisotopic (exact) mass is 341 g/mol. The number of methoxy groups -OCH3 is 1. The van der Waals surface area contributed by atoms with E-state index in [4.69, 9.17) is 0 Å². The Kier molecular flexibility index (Phi) is 7.99. The first-order chi connectivity index (χ1) is 9.26. The number of hydrogen-bond donors (Lipinski definition) is 0. The van der Waals surface area contributed by atoms with Gasteiger partial charge in [0.05, 0.1) is 7.11 Å². The fourth-order valence-corrected chi connectivity index (χ4v) is 1.50. The van der Waals surface area contributed by atoms with Gasteiger partial charge in [0.2, 0.25) is 0 Å². The molecule has 0 radical (unpaired) electrons. The lowest BCUT2D eigenvalue weighted by Crippen LogP contribution is -2.32. The number of carbonyl (C=O) groups excluding carboxylic acids is 2. The molecule has 110 valence electrons. The van der Waals surface area contributed by atoms with Crippen LogP contribution in [0.15, 0.2) is 39.4 Å². The van der Waals surface area contributed by atoms with E-state index in [1.54, 1.807) is 26.0 Å². The summed E-state index contributed by atoms with van der Waals surface area (Å²) < 4.78 is 5.46. The van der Waals surface area contributed by atoms with Crippen molar-refractivity contribution in [1.29, 1.82) is 0 Å². The van der Waals surface area contributed by atoms with E-state index in [0.717, 1.165) is 10.1 Å². The summed E-state index contributed by atoms with van der Waals surface area (Å²) in [5.41, 5.74) is 1.72. The molecule has 20 heavy (non-hydrogen) atoms. The number of hydrogen-bond acceptors (Lipinski definition) is 4. The van der Waals surface area contributed by atoms with E-state index in [2.05, 4.69) is 32.2 Å². The number of aliphatic imine (C=N–C) groups is 1. The van der Waals surface area contributed by atoms with Crippen molar-refractivity contribution >= 4 is 33.4 Å². The summed E-state index contributed by atoms with van der Waals surface area (Å²) in [6.07, 6.45) is 3.36. The molecule has 1 unspecified atom stereocenters. The number of halogens is 1. The summed E-state index contributed by atoms with van der Waals surface area (Å²) in [4.78, 5) is 27.9. The first kappa shape index (κ1) is 18.5. The number of Topliss-reactive ketones (excluding diaryl/α,β-unsaturated/α-hetero) is 1. The van der Waals surface area contributed by atoms with E-state index in [0.29, 0.717) is 11.3 Å². The van der Waals surface area contributed by atoms with Gasteiger partial charge in [-0.05, 0) is 38.0 Å².